The average Bonchev–Trinajstić information content (AvgIpc) is 2.82. The van der Waals surface area contributed by atoms with Gasteiger partial charge in [0.25, 0.3) is 11.8 Å². The molecule has 1 N–H and O–H groups in total. The van der Waals surface area contributed by atoms with Crippen molar-refractivity contribution in [3.8, 4) is 11.5 Å². The second-order valence-electron chi connectivity index (χ2n) is 8.32. The van der Waals surface area contributed by atoms with E-state index in [9.17, 15) is 14.4 Å². The maximum absolute atomic E-state index is 13.2. The molecule has 1 heterocycles. The average molecular weight is 578 g/mol. The van der Waals surface area contributed by atoms with E-state index >= 15 is 0 Å². The molecule has 1 aliphatic heterocycles. The molecular weight excluding hydrogens is 548 g/mol. The van der Waals surface area contributed by atoms with Gasteiger partial charge in [0.15, 0.2) is 11.5 Å². The van der Waals surface area contributed by atoms with E-state index in [-0.39, 0.29) is 11.3 Å². The van der Waals surface area contributed by atoms with Crippen LogP contribution in [-0.4, -0.2) is 31.1 Å². The number of benzene rings is 2. The predicted octanol–water partition coefficient (Wildman–Crippen LogP) is 6.91. The number of carbonyl (C=O) groups excluding carboxylic acids is 3. The zero-order valence-corrected chi connectivity index (χ0v) is 22.8. The van der Waals surface area contributed by atoms with Gasteiger partial charge in [0, 0.05) is 5.02 Å². The minimum atomic E-state index is -0.834. The lowest BCUT2D eigenvalue weighted by atomic mass is 10.1. The van der Waals surface area contributed by atoms with Gasteiger partial charge in [0.2, 0.25) is 0 Å². The molecule has 0 aliphatic carbocycles. The smallest absolute Gasteiger partial charge is 0.335 e. The number of halogens is 2. The van der Waals surface area contributed by atoms with E-state index in [4.69, 9.17) is 21.1 Å². The van der Waals surface area contributed by atoms with E-state index in [1.54, 1.807) is 30.3 Å². The van der Waals surface area contributed by atoms with Gasteiger partial charge < -0.3 is 9.47 Å². The summed E-state index contributed by atoms with van der Waals surface area (Å²) in [6.45, 7) is 5.03. The molecule has 0 atom stereocenters. The molecule has 0 bridgehead atoms. The van der Waals surface area contributed by atoms with Crippen LogP contribution in [0.25, 0.3) is 6.08 Å². The lowest BCUT2D eigenvalue weighted by molar-refractivity contribution is -0.122. The highest BCUT2D eigenvalue weighted by Gasteiger charge is 2.37. The van der Waals surface area contributed by atoms with Crippen LogP contribution >= 0.6 is 27.5 Å². The number of unbranched alkanes of at least 4 members (excludes halogenated alkanes) is 5. The molecule has 192 valence electrons. The Labute approximate surface area is 224 Å². The van der Waals surface area contributed by atoms with Crippen molar-refractivity contribution in [2.45, 2.75) is 52.4 Å². The molecule has 0 unspecified atom stereocenters. The van der Waals surface area contributed by atoms with Gasteiger partial charge in [-0.1, -0.05) is 56.7 Å². The van der Waals surface area contributed by atoms with Gasteiger partial charge in [-0.2, -0.15) is 0 Å². The van der Waals surface area contributed by atoms with E-state index < -0.39 is 17.8 Å². The maximum atomic E-state index is 13.2. The van der Waals surface area contributed by atoms with Gasteiger partial charge in [-0.05, 0) is 71.2 Å². The number of nitrogens with one attached hydrogen (secondary N) is 1. The number of rotatable bonds is 12. The van der Waals surface area contributed by atoms with E-state index in [2.05, 4.69) is 28.2 Å². The zero-order valence-electron chi connectivity index (χ0n) is 20.4. The van der Waals surface area contributed by atoms with Crippen LogP contribution in [-0.2, 0) is 9.59 Å². The van der Waals surface area contributed by atoms with Crippen LogP contribution in [0.2, 0.25) is 5.02 Å². The summed E-state index contributed by atoms with van der Waals surface area (Å²) >= 11 is 9.56. The standard InChI is InChI=1S/C27H30BrClN2O5/c1-3-5-6-7-8-9-13-36-24-22(28)15-18(16-23(24)35-4-2)14-21-25(32)30-27(34)31(26(21)33)20-12-10-11-19(29)17-20/h10-12,14-17H,3-9,13H2,1-2H3,(H,30,32,34)/b21-14+. The number of carbonyl (C=O) groups is 3. The first-order chi connectivity index (χ1) is 17.3. The van der Waals surface area contributed by atoms with Crippen LogP contribution in [0.5, 0.6) is 11.5 Å². The van der Waals surface area contributed by atoms with Crippen molar-refractivity contribution >= 4 is 57.1 Å². The predicted molar refractivity (Wildman–Crippen MR) is 145 cm³/mol. The van der Waals surface area contributed by atoms with Gasteiger partial charge in [0.05, 0.1) is 23.4 Å². The molecular formula is C27H30BrClN2O5. The summed E-state index contributed by atoms with van der Waals surface area (Å²) in [7, 11) is 0. The molecule has 1 fully saturated rings. The number of barbiturate groups is 1. The molecule has 2 aromatic rings. The Morgan fingerprint density at radius 2 is 1.75 bits per heavy atom. The normalized spacial score (nSPS) is 14.8. The largest absolute Gasteiger partial charge is 0.490 e. The third-order valence-corrected chi connectivity index (χ3v) is 6.38. The van der Waals surface area contributed by atoms with Crippen molar-refractivity contribution < 1.29 is 23.9 Å². The summed E-state index contributed by atoms with van der Waals surface area (Å²) in [6, 6.07) is 8.91. The van der Waals surface area contributed by atoms with Crippen molar-refractivity contribution in [3.05, 3.63) is 57.0 Å². The number of hydrogen-bond donors (Lipinski definition) is 1. The number of imide groups is 2. The van der Waals surface area contributed by atoms with Gasteiger partial charge in [-0.15, -0.1) is 0 Å². The van der Waals surface area contributed by atoms with Crippen molar-refractivity contribution in [2.24, 2.45) is 0 Å². The number of hydrogen-bond acceptors (Lipinski definition) is 5. The third kappa shape index (κ3) is 7.11. The van der Waals surface area contributed by atoms with Crippen molar-refractivity contribution in [2.75, 3.05) is 18.1 Å². The molecule has 0 radical (unpaired) electrons. The molecule has 7 nitrogen and oxygen atoms in total. The Morgan fingerprint density at radius 3 is 2.47 bits per heavy atom. The first-order valence-corrected chi connectivity index (χ1v) is 13.3. The lowest BCUT2D eigenvalue weighted by Gasteiger charge is -2.26. The zero-order chi connectivity index (χ0) is 26.1. The maximum Gasteiger partial charge on any atom is 0.335 e. The van der Waals surface area contributed by atoms with E-state index in [1.807, 2.05) is 6.92 Å². The van der Waals surface area contributed by atoms with Gasteiger partial charge in [0.1, 0.15) is 5.57 Å². The third-order valence-electron chi connectivity index (χ3n) is 5.56. The van der Waals surface area contributed by atoms with Gasteiger partial charge in [-0.25, -0.2) is 9.69 Å². The molecule has 3 rings (SSSR count). The molecule has 2 aromatic carbocycles. The molecule has 1 aliphatic rings. The summed E-state index contributed by atoms with van der Waals surface area (Å²) in [4.78, 5) is 39.0. The fourth-order valence-corrected chi connectivity index (χ4v) is 4.56. The molecule has 1 saturated heterocycles. The monoisotopic (exact) mass is 576 g/mol. The summed E-state index contributed by atoms with van der Waals surface area (Å²) in [5.41, 5.74) is 0.610. The van der Waals surface area contributed by atoms with Crippen molar-refractivity contribution in [3.63, 3.8) is 0 Å². The van der Waals surface area contributed by atoms with Crippen LogP contribution in [0.1, 0.15) is 57.9 Å². The highest BCUT2D eigenvalue weighted by molar-refractivity contribution is 9.10. The van der Waals surface area contributed by atoms with Gasteiger partial charge in [-0.3, -0.25) is 14.9 Å². The van der Waals surface area contributed by atoms with Crippen molar-refractivity contribution in [1.82, 2.24) is 5.32 Å². The van der Waals surface area contributed by atoms with Crippen LogP contribution in [0.4, 0.5) is 10.5 Å². The van der Waals surface area contributed by atoms with Crippen LogP contribution in [0.15, 0.2) is 46.4 Å². The van der Waals surface area contributed by atoms with E-state index in [0.717, 1.165) is 17.7 Å². The minimum Gasteiger partial charge on any atom is -0.490 e. The lowest BCUT2D eigenvalue weighted by Crippen LogP contribution is -2.54. The summed E-state index contributed by atoms with van der Waals surface area (Å²) in [5.74, 6) is -0.455. The van der Waals surface area contributed by atoms with Crippen LogP contribution in [0, 0.1) is 0 Å². The van der Waals surface area contributed by atoms with Crippen LogP contribution in [0.3, 0.4) is 0 Å². The number of urea groups is 1. The number of anilines is 1. The topological polar surface area (TPSA) is 84.9 Å². The summed E-state index contributed by atoms with van der Waals surface area (Å²) in [6.07, 6.45) is 8.36. The summed E-state index contributed by atoms with van der Waals surface area (Å²) < 4.78 is 12.4. The molecule has 4 amide bonds. The van der Waals surface area contributed by atoms with Crippen LogP contribution < -0.4 is 19.7 Å². The van der Waals surface area contributed by atoms with E-state index in [1.165, 1.54) is 37.8 Å². The second-order valence-corrected chi connectivity index (χ2v) is 9.61. The fraction of sp³-hybridized carbons (Fsp3) is 0.370. The Bertz CT molecular complexity index is 1150. The Kier molecular flexibility index (Phi) is 10.4. The highest BCUT2D eigenvalue weighted by Crippen LogP contribution is 2.38. The number of amides is 4. The highest BCUT2D eigenvalue weighted by atomic mass is 79.9. The number of nitrogens with zero attached hydrogens (tertiary/aromatic N) is 1. The minimum absolute atomic E-state index is 0.190. The Balaban J connectivity index is 1.82. The Morgan fingerprint density at radius 1 is 1.00 bits per heavy atom. The SMILES string of the molecule is CCCCCCCCOc1c(Br)cc(/C=C2\C(=O)NC(=O)N(c3cccc(Cl)c3)C2=O)cc1OCC. The molecule has 0 spiro atoms. The number of ether oxygens (including phenoxy) is 2. The second kappa shape index (κ2) is 13.5. The Hall–Kier alpha value is -2.84. The molecule has 0 aromatic heterocycles. The quantitative estimate of drug-likeness (QED) is 0.168. The van der Waals surface area contributed by atoms with Crippen molar-refractivity contribution in [1.29, 1.82) is 0 Å². The first kappa shape index (κ1) is 27.7. The van der Waals surface area contributed by atoms with E-state index in [0.29, 0.717) is 39.8 Å². The molecule has 9 heteroatoms. The molecule has 36 heavy (non-hydrogen) atoms. The van der Waals surface area contributed by atoms with Gasteiger partial charge >= 0.3 is 6.03 Å². The summed E-state index contributed by atoms with van der Waals surface area (Å²) in [5, 5.41) is 2.57. The fourth-order valence-electron chi connectivity index (χ4n) is 3.80. The molecule has 0 saturated carbocycles. The first-order valence-electron chi connectivity index (χ1n) is 12.1.